The molecule has 0 saturated heterocycles. The molecule has 0 N–H and O–H groups in total. The number of ether oxygens (including phenoxy) is 1. The van der Waals surface area contributed by atoms with E-state index in [-0.39, 0.29) is 18.0 Å². The molecule has 0 spiro atoms. The van der Waals surface area contributed by atoms with Gasteiger partial charge in [-0.3, -0.25) is 4.79 Å². The van der Waals surface area contributed by atoms with Crippen LogP contribution in [0.2, 0.25) is 0 Å². The number of carbonyl (C=O) groups excluding carboxylic acids is 1. The summed E-state index contributed by atoms with van der Waals surface area (Å²) in [5.41, 5.74) is 0. The molecule has 21 heavy (non-hydrogen) atoms. The molecule has 0 amide bonds. The van der Waals surface area contributed by atoms with Gasteiger partial charge in [0.1, 0.15) is 6.10 Å². The summed E-state index contributed by atoms with van der Waals surface area (Å²) in [5, 5.41) is 0. The number of hydrogen-bond donors (Lipinski definition) is 0. The fourth-order valence-electron chi connectivity index (χ4n) is 4.00. The highest BCUT2D eigenvalue weighted by atomic mass is 16.5. The molecule has 2 rings (SSSR count). The first-order chi connectivity index (χ1) is 10.2. The molecule has 2 aliphatic rings. The number of hydrogen-bond acceptors (Lipinski definition) is 2. The zero-order valence-corrected chi connectivity index (χ0v) is 14.1. The Hall–Kier alpha value is -0.530. The molecule has 122 valence electrons. The van der Waals surface area contributed by atoms with Gasteiger partial charge in [0.2, 0.25) is 0 Å². The molecule has 0 bridgehead atoms. The predicted molar refractivity (Wildman–Crippen MR) is 87.1 cm³/mol. The minimum Gasteiger partial charge on any atom is -0.462 e. The first-order valence-corrected chi connectivity index (χ1v) is 9.39. The minimum atomic E-state index is 0.0594. The van der Waals surface area contributed by atoms with Crippen LogP contribution in [-0.4, -0.2) is 12.1 Å². The quantitative estimate of drug-likeness (QED) is 0.605. The molecule has 0 radical (unpaired) electrons. The van der Waals surface area contributed by atoms with Crippen LogP contribution in [0.1, 0.15) is 90.9 Å². The summed E-state index contributed by atoms with van der Waals surface area (Å²) in [6.45, 7) is 4.37. The molecule has 2 heteroatoms. The van der Waals surface area contributed by atoms with E-state index in [1.165, 1.54) is 57.8 Å². The highest BCUT2D eigenvalue weighted by Crippen LogP contribution is 2.34. The largest absolute Gasteiger partial charge is 0.462 e. The van der Waals surface area contributed by atoms with Gasteiger partial charge < -0.3 is 4.74 Å². The second-order valence-electron chi connectivity index (χ2n) is 7.47. The van der Waals surface area contributed by atoms with Gasteiger partial charge in [-0.15, -0.1) is 0 Å². The van der Waals surface area contributed by atoms with Gasteiger partial charge in [0, 0.05) is 0 Å². The van der Waals surface area contributed by atoms with Crippen LogP contribution in [0.3, 0.4) is 0 Å². The van der Waals surface area contributed by atoms with Gasteiger partial charge >= 0.3 is 5.97 Å². The standard InChI is InChI=1S/C19H34O2/c1-3-16-11-13-17(14-12-16)10-9-15(2)19(20)21-18-7-5-4-6-8-18/h15-18H,3-14H2,1-2H3. The highest BCUT2D eigenvalue weighted by Gasteiger charge is 2.24. The summed E-state index contributed by atoms with van der Waals surface area (Å²) in [6.07, 6.45) is 15.3. The first kappa shape index (κ1) is 16.8. The predicted octanol–water partition coefficient (Wildman–Crippen LogP) is 5.50. The molecule has 0 aliphatic heterocycles. The van der Waals surface area contributed by atoms with Gasteiger partial charge in [-0.2, -0.15) is 0 Å². The molecule has 1 unspecified atom stereocenters. The lowest BCUT2D eigenvalue weighted by atomic mass is 9.78. The van der Waals surface area contributed by atoms with Gasteiger partial charge in [0.25, 0.3) is 0 Å². The van der Waals surface area contributed by atoms with Gasteiger partial charge in [0.05, 0.1) is 5.92 Å². The van der Waals surface area contributed by atoms with Crippen molar-refractivity contribution in [2.45, 2.75) is 97.0 Å². The van der Waals surface area contributed by atoms with Crippen molar-refractivity contribution in [1.29, 1.82) is 0 Å². The molecule has 0 aromatic heterocycles. The summed E-state index contributed by atoms with van der Waals surface area (Å²) in [7, 11) is 0. The van der Waals surface area contributed by atoms with E-state index in [1.807, 2.05) is 0 Å². The summed E-state index contributed by atoms with van der Waals surface area (Å²) in [6, 6.07) is 0. The minimum absolute atomic E-state index is 0.0594. The van der Waals surface area contributed by atoms with Crippen molar-refractivity contribution in [1.82, 2.24) is 0 Å². The molecular weight excluding hydrogens is 260 g/mol. The molecule has 2 aliphatic carbocycles. The van der Waals surface area contributed by atoms with Crippen LogP contribution in [0.5, 0.6) is 0 Å². The van der Waals surface area contributed by atoms with Crippen LogP contribution in [0.15, 0.2) is 0 Å². The Morgan fingerprint density at radius 3 is 2.24 bits per heavy atom. The molecule has 2 nitrogen and oxygen atoms in total. The Labute approximate surface area is 131 Å². The van der Waals surface area contributed by atoms with E-state index < -0.39 is 0 Å². The number of rotatable bonds is 6. The molecule has 1 atom stereocenters. The van der Waals surface area contributed by atoms with E-state index >= 15 is 0 Å². The lowest BCUT2D eigenvalue weighted by Gasteiger charge is -2.28. The van der Waals surface area contributed by atoms with E-state index in [4.69, 9.17) is 4.74 Å². The van der Waals surface area contributed by atoms with Crippen LogP contribution < -0.4 is 0 Å². The molecule has 0 aromatic rings. The maximum atomic E-state index is 12.2. The monoisotopic (exact) mass is 294 g/mol. The maximum absolute atomic E-state index is 12.2. The zero-order chi connectivity index (χ0) is 15.1. The van der Waals surface area contributed by atoms with Crippen molar-refractivity contribution in [2.75, 3.05) is 0 Å². The second kappa shape index (κ2) is 8.80. The van der Waals surface area contributed by atoms with Crippen molar-refractivity contribution in [2.24, 2.45) is 17.8 Å². The fraction of sp³-hybridized carbons (Fsp3) is 0.947. The van der Waals surface area contributed by atoms with Crippen molar-refractivity contribution in [3.8, 4) is 0 Å². The lowest BCUT2D eigenvalue weighted by Crippen LogP contribution is -2.25. The van der Waals surface area contributed by atoms with Gasteiger partial charge in [0.15, 0.2) is 0 Å². The average molecular weight is 294 g/mol. The van der Waals surface area contributed by atoms with E-state index in [0.29, 0.717) is 0 Å². The Morgan fingerprint density at radius 2 is 1.62 bits per heavy atom. The van der Waals surface area contributed by atoms with E-state index in [9.17, 15) is 4.79 Å². The summed E-state index contributed by atoms with van der Waals surface area (Å²) in [5.74, 6) is 1.98. The Morgan fingerprint density at radius 1 is 1.00 bits per heavy atom. The molecule has 2 fully saturated rings. The Balaban J connectivity index is 1.62. The third-order valence-electron chi connectivity index (χ3n) is 5.79. The smallest absolute Gasteiger partial charge is 0.308 e. The van der Waals surface area contributed by atoms with Crippen LogP contribution in [-0.2, 0) is 9.53 Å². The van der Waals surface area contributed by atoms with E-state index in [1.54, 1.807) is 0 Å². The number of esters is 1. The summed E-state index contributed by atoms with van der Waals surface area (Å²) < 4.78 is 5.69. The fourth-order valence-corrected chi connectivity index (χ4v) is 4.00. The van der Waals surface area contributed by atoms with E-state index in [0.717, 1.165) is 31.1 Å². The normalized spacial score (nSPS) is 29.0. The number of carbonyl (C=O) groups is 1. The van der Waals surface area contributed by atoms with Crippen molar-refractivity contribution >= 4 is 5.97 Å². The van der Waals surface area contributed by atoms with Crippen molar-refractivity contribution in [3.63, 3.8) is 0 Å². The zero-order valence-electron chi connectivity index (χ0n) is 14.1. The molecule has 2 saturated carbocycles. The lowest BCUT2D eigenvalue weighted by molar-refractivity contribution is -0.155. The third-order valence-corrected chi connectivity index (χ3v) is 5.79. The Kier molecular flexibility index (Phi) is 7.06. The van der Waals surface area contributed by atoms with Crippen molar-refractivity contribution in [3.05, 3.63) is 0 Å². The first-order valence-electron chi connectivity index (χ1n) is 9.39. The van der Waals surface area contributed by atoms with Gasteiger partial charge in [-0.1, -0.05) is 52.4 Å². The second-order valence-corrected chi connectivity index (χ2v) is 7.47. The van der Waals surface area contributed by atoms with Crippen molar-refractivity contribution < 1.29 is 9.53 Å². The van der Waals surface area contributed by atoms with Crippen LogP contribution in [0, 0.1) is 17.8 Å². The average Bonchev–Trinajstić information content (AvgIpc) is 2.54. The molecule has 0 aromatic carbocycles. The topological polar surface area (TPSA) is 26.3 Å². The molecule has 0 heterocycles. The summed E-state index contributed by atoms with van der Waals surface area (Å²) in [4.78, 5) is 12.2. The van der Waals surface area contributed by atoms with Crippen LogP contribution in [0.4, 0.5) is 0 Å². The molecular formula is C19H34O2. The van der Waals surface area contributed by atoms with Gasteiger partial charge in [-0.25, -0.2) is 0 Å². The van der Waals surface area contributed by atoms with Crippen LogP contribution >= 0.6 is 0 Å². The van der Waals surface area contributed by atoms with E-state index in [2.05, 4.69) is 13.8 Å². The van der Waals surface area contributed by atoms with Crippen LogP contribution in [0.25, 0.3) is 0 Å². The third kappa shape index (κ3) is 5.64. The van der Waals surface area contributed by atoms with Gasteiger partial charge in [-0.05, 0) is 50.4 Å². The summed E-state index contributed by atoms with van der Waals surface area (Å²) >= 11 is 0. The highest BCUT2D eigenvalue weighted by molar-refractivity contribution is 5.72. The Bertz CT molecular complexity index is 299. The maximum Gasteiger partial charge on any atom is 0.308 e. The SMILES string of the molecule is CCC1CCC(CCC(C)C(=O)OC2CCCCC2)CC1.